The zero-order valence-electron chi connectivity index (χ0n) is 20.5. The molecule has 0 bridgehead atoms. The van der Waals surface area contributed by atoms with Gasteiger partial charge in [0.05, 0.1) is 31.0 Å². The molecule has 0 spiro atoms. The van der Waals surface area contributed by atoms with Crippen LogP contribution in [0.15, 0.2) is 42.7 Å². The topological polar surface area (TPSA) is 114 Å². The number of imidazole rings is 1. The highest BCUT2D eigenvalue weighted by Gasteiger charge is 2.32. The van der Waals surface area contributed by atoms with Gasteiger partial charge < -0.3 is 24.5 Å². The molecule has 0 aliphatic carbocycles. The maximum absolute atomic E-state index is 15.1. The third kappa shape index (κ3) is 6.75. The molecular formula is C26H32FN5O5. The molecule has 1 fully saturated rings. The van der Waals surface area contributed by atoms with Crippen molar-refractivity contribution in [2.45, 2.75) is 53.4 Å². The van der Waals surface area contributed by atoms with Gasteiger partial charge in [-0.15, -0.1) is 0 Å². The Morgan fingerprint density at radius 2 is 1.95 bits per heavy atom. The average Bonchev–Trinajstić information content (AvgIpc) is 3.37. The minimum atomic E-state index is -0.596. The molecule has 4 rings (SSSR count). The Kier molecular flexibility index (Phi) is 8.05. The number of alkyl carbamates (subject to hydrolysis) is 1. The van der Waals surface area contributed by atoms with Crippen LogP contribution in [0.25, 0.3) is 16.8 Å². The lowest BCUT2D eigenvalue weighted by Gasteiger charge is -2.19. The summed E-state index contributed by atoms with van der Waals surface area (Å²) in [5.41, 5.74) is 2.00. The van der Waals surface area contributed by atoms with Crippen LogP contribution in [-0.4, -0.2) is 52.3 Å². The van der Waals surface area contributed by atoms with Gasteiger partial charge in [-0.1, -0.05) is 7.43 Å². The number of ether oxygens (including phenoxy) is 2. The zero-order chi connectivity index (χ0) is 26.0. The molecule has 3 heterocycles. The largest absolute Gasteiger partial charge is 0.444 e. The number of pyridine rings is 1. The average molecular weight is 514 g/mol. The summed E-state index contributed by atoms with van der Waals surface area (Å²) in [5, 5.41) is 5.27. The van der Waals surface area contributed by atoms with E-state index in [9.17, 15) is 14.4 Å². The van der Waals surface area contributed by atoms with Gasteiger partial charge >= 0.3 is 12.2 Å². The Labute approximate surface area is 214 Å². The van der Waals surface area contributed by atoms with E-state index in [0.29, 0.717) is 28.2 Å². The van der Waals surface area contributed by atoms with Crippen LogP contribution in [0.4, 0.5) is 19.7 Å². The Morgan fingerprint density at radius 3 is 2.62 bits per heavy atom. The molecule has 10 nitrogen and oxygen atoms in total. The predicted molar refractivity (Wildman–Crippen MR) is 137 cm³/mol. The number of nitrogens with one attached hydrogen (secondary N) is 2. The lowest BCUT2D eigenvalue weighted by atomic mass is 10.1. The molecule has 3 aromatic rings. The molecule has 2 N–H and O–H groups in total. The van der Waals surface area contributed by atoms with Gasteiger partial charge in [-0.25, -0.2) is 19.0 Å². The highest BCUT2D eigenvalue weighted by molar-refractivity contribution is 5.90. The van der Waals surface area contributed by atoms with Gasteiger partial charge in [-0.3, -0.25) is 9.69 Å². The number of hydrogen-bond donors (Lipinski definition) is 2. The number of benzene rings is 1. The van der Waals surface area contributed by atoms with Crippen molar-refractivity contribution in [3.63, 3.8) is 0 Å². The summed E-state index contributed by atoms with van der Waals surface area (Å²) >= 11 is 0. The van der Waals surface area contributed by atoms with E-state index in [1.807, 2.05) is 0 Å². The molecule has 0 saturated carbocycles. The molecule has 1 aliphatic heterocycles. The molecule has 11 heteroatoms. The van der Waals surface area contributed by atoms with Gasteiger partial charge in [0.2, 0.25) is 5.91 Å². The van der Waals surface area contributed by atoms with E-state index in [-0.39, 0.29) is 33.0 Å². The molecule has 37 heavy (non-hydrogen) atoms. The van der Waals surface area contributed by atoms with E-state index in [2.05, 4.69) is 15.6 Å². The van der Waals surface area contributed by atoms with Crippen molar-refractivity contribution in [2.24, 2.45) is 0 Å². The number of carbonyl (C=O) groups is 3. The van der Waals surface area contributed by atoms with Crippen LogP contribution >= 0.6 is 0 Å². The number of nitrogens with zero attached hydrogens (tertiary/aromatic N) is 3. The first-order valence-electron chi connectivity index (χ1n) is 11.5. The Hall–Kier alpha value is -4.15. The molecule has 3 amide bonds. The van der Waals surface area contributed by atoms with Gasteiger partial charge in [0.15, 0.2) is 0 Å². The van der Waals surface area contributed by atoms with E-state index >= 15 is 4.39 Å². The maximum atomic E-state index is 15.1. The molecular weight excluding hydrogens is 481 g/mol. The lowest BCUT2D eigenvalue weighted by Crippen LogP contribution is -2.33. The van der Waals surface area contributed by atoms with Crippen LogP contribution in [-0.2, 0) is 20.8 Å². The van der Waals surface area contributed by atoms with E-state index in [0.717, 1.165) is 0 Å². The van der Waals surface area contributed by atoms with Crippen LogP contribution in [0.5, 0.6) is 0 Å². The van der Waals surface area contributed by atoms with Crippen LogP contribution in [0, 0.1) is 5.82 Å². The number of cyclic esters (lactones) is 1. The van der Waals surface area contributed by atoms with E-state index < -0.39 is 29.7 Å². The van der Waals surface area contributed by atoms with Crippen LogP contribution in [0.3, 0.4) is 0 Å². The minimum absolute atomic E-state index is 0. The Balaban J connectivity index is 0.00000380. The van der Waals surface area contributed by atoms with Crippen LogP contribution in [0.2, 0.25) is 0 Å². The SMILES string of the molecule is C.CC(=O)NC[C@H]1CN(c2ccc(-c3ccc4nc(CNC(=O)OC(C)(C)C)cn4c3)c(F)c2)C(=O)O1. The van der Waals surface area contributed by atoms with Gasteiger partial charge in [0.1, 0.15) is 23.2 Å². The summed E-state index contributed by atoms with van der Waals surface area (Å²) in [7, 11) is 0. The summed E-state index contributed by atoms with van der Waals surface area (Å²) in [6.07, 6.45) is 1.85. The molecule has 0 unspecified atom stereocenters. The summed E-state index contributed by atoms with van der Waals surface area (Å²) in [5.74, 6) is -0.724. The molecule has 2 aromatic heterocycles. The van der Waals surface area contributed by atoms with Crippen molar-refractivity contribution < 1.29 is 28.2 Å². The van der Waals surface area contributed by atoms with Crippen molar-refractivity contribution in [3.05, 3.63) is 54.2 Å². The van der Waals surface area contributed by atoms with Crippen molar-refractivity contribution >= 4 is 29.4 Å². The Morgan fingerprint density at radius 1 is 1.19 bits per heavy atom. The summed E-state index contributed by atoms with van der Waals surface area (Å²) in [6.45, 7) is 7.32. The molecule has 1 aliphatic rings. The van der Waals surface area contributed by atoms with Gasteiger partial charge in [-0.05, 0) is 51.1 Å². The number of carbonyl (C=O) groups excluding carboxylic acids is 3. The second-order valence-corrected chi connectivity index (χ2v) is 9.49. The highest BCUT2D eigenvalue weighted by atomic mass is 19.1. The van der Waals surface area contributed by atoms with E-state index in [1.54, 1.807) is 61.8 Å². The van der Waals surface area contributed by atoms with Crippen molar-refractivity contribution in [3.8, 4) is 11.1 Å². The quantitative estimate of drug-likeness (QED) is 0.509. The number of fused-ring (bicyclic) bond motifs is 1. The smallest absolute Gasteiger partial charge is 0.414 e. The van der Waals surface area contributed by atoms with Gasteiger partial charge in [0, 0.05) is 30.4 Å². The third-order valence-corrected chi connectivity index (χ3v) is 5.34. The number of hydrogen-bond acceptors (Lipinski definition) is 6. The van der Waals surface area contributed by atoms with Crippen LogP contribution in [0.1, 0.15) is 40.8 Å². The zero-order valence-corrected chi connectivity index (χ0v) is 20.5. The Bertz CT molecular complexity index is 1320. The lowest BCUT2D eigenvalue weighted by molar-refractivity contribution is -0.119. The number of anilines is 1. The first kappa shape index (κ1) is 27.4. The molecule has 1 atom stereocenters. The number of rotatable bonds is 6. The number of halogens is 1. The fraction of sp³-hybridized carbons (Fsp3) is 0.385. The molecule has 1 saturated heterocycles. The van der Waals surface area contributed by atoms with Crippen LogP contribution < -0.4 is 15.5 Å². The first-order valence-corrected chi connectivity index (χ1v) is 11.5. The second-order valence-electron chi connectivity index (χ2n) is 9.49. The fourth-order valence-corrected chi connectivity index (χ4v) is 3.77. The van der Waals surface area contributed by atoms with E-state index in [1.165, 1.54) is 17.9 Å². The molecule has 0 radical (unpaired) electrons. The summed E-state index contributed by atoms with van der Waals surface area (Å²) in [6, 6.07) is 8.03. The summed E-state index contributed by atoms with van der Waals surface area (Å²) < 4.78 is 27.3. The standard InChI is InChI=1S/C25H28FN5O5.CH4/c1-15(32)27-11-19-14-31(24(34)35-19)18-6-7-20(21(26)9-18)16-5-8-22-29-17(13-30(22)12-16)10-28-23(33)36-25(2,3)4;/h5-9,12-13,19H,10-11,14H2,1-4H3,(H,27,32)(H,28,33);1H4/t19-;/m0./s1. The minimum Gasteiger partial charge on any atom is -0.444 e. The predicted octanol–water partition coefficient (Wildman–Crippen LogP) is 4.26. The first-order chi connectivity index (χ1) is 17.0. The number of aromatic nitrogens is 2. The number of amides is 3. The highest BCUT2D eigenvalue weighted by Crippen LogP contribution is 2.29. The van der Waals surface area contributed by atoms with Crippen molar-refractivity contribution in [1.29, 1.82) is 0 Å². The molecule has 198 valence electrons. The van der Waals surface area contributed by atoms with Gasteiger partial charge in [-0.2, -0.15) is 0 Å². The van der Waals surface area contributed by atoms with Crippen molar-refractivity contribution in [1.82, 2.24) is 20.0 Å². The fourth-order valence-electron chi connectivity index (χ4n) is 3.77. The summed E-state index contributed by atoms with van der Waals surface area (Å²) in [4.78, 5) is 41.0. The van der Waals surface area contributed by atoms with Crippen molar-refractivity contribution in [2.75, 3.05) is 18.0 Å². The van der Waals surface area contributed by atoms with Gasteiger partial charge in [0.25, 0.3) is 0 Å². The third-order valence-electron chi connectivity index (χ3n) is 5.34. The normalized spacial score (nSPS) is 15.2. The monoisotopic (exact) mass is 513 g/mol. The molecule has 1 aromatic carbocycles. The van der Waals surface area contributed by atoms with E-state index in [4.69, 9.17) is 9.47 Å². The maximum Gasteiger partial charge on any atom is 0.414 e. The second kappa shape index (κ2) is 10.9.